The summed E-state index contributed by atoms with van der Waals surface area (Å²) in [4.78, 5) is 56.0. The van der Waals surface area contributed by atoms with Crippen LogP contribution in [0.15, 0.2) is 51.3 Å². The van der Waals surface area contributed by atoms with Crippen LogP contribution in [0.4, 0.5) is 14.5 Å². The zero-order valence-corrected chi connectivity index (χ0v) is 23.9. The second-order valence-corrected chi connectivity index (χ2v) is 10.5. The van der Waals surface area contributed by atoms with E-state index in [0.29, 0.717) is 30.7 Å². The van der Waals surface area contributed by atoms with E-state index in [-0.39, 0.29) is 23.8 Å². The van der Waals surface area contributed by atoms with Crippen LogP contribution >= 0.6 is 0 Å². The van der Waals surface area contributed by atoms with Gasteiger partial charge in [0.25, 0.3) is 11.5 Å². The molecule has 1 aliphatic carbocycles. The van der Waals surface area contributed by atoms with E-state index in [1.807, 2.05) is 0 Å². The molecule has 4 N–H and O–H groups in total. The van der Waals surface area contributed by atoms with Gasteiger partial charge in [0.05, 0.1) is 22.5 Å². The normalized spacial score (nSPS) is 17.7. The molecule has 1 saturated carbocycles. The Balaban J connectivity index is 1.57. The predicted octanol–water partition coefficient (Wildman–Crippen LogP) is 2.78. The van der Waals surface area contributed by atoms with E-state index in [9.17, 15) is 28.0 Å². The summed E-state index contributed by atoms with van der Waals surface area (Å²) in [7, 11) is 1.54. The van der Waals surface area contributed by atoms with E-state index in [1.54, 1.807) is 19.1 Å². The Hall–Kier alpha value is -4.81. The third kappa shape index (κ3) is 6.99. The maximum absolute atomic E-state index is 14.5. The van der Waals surface area contributed by atoms with E-state index < -0.39 is 58.1 Å². The van der Waals surface area contributed by atoms with Gasteiger partial charge in [0.1, 0.15) is 23.8 Å². The molecule has 1 amide bonds. The number of carbonyl (C=O) groups excluding carboxylic acids is 2. The number of aromatic nitrogens is 2. The number of nitrogens with two attached hydrogens (primary N) is 1. The molecule has 4 rings (SSSR count). The lowest BCUT2D eigenvalue weighted by atomic mass is 9.97. The van der Waals surface area contributed by atoms with Gasteiger partial charge in [-0.25, -0.2) is 22.9 Å². The van der Waals surface area contributed by atoms with Gasteiger partial charge in [-0.15, -0.1) is 0 Å². The minimum absolute atomic E-state index is 0.0313. The van der Waals surface area contributed by atoms with Gasteiger partial charge in [0.2, 0.25) is 0 Å². The van der Waals surface area contributed by atoms with Crippen LogP contribution in [-0.2, 0) is 16.6 Å². The number of hydrogen-bond acceptors (Lipinski definition) is 8. The van der Waals surface area contributed by atoms with Crippen LogP contribution < -0.4 is 27.6 Å². The van der Waals surface area contributed by atoms with Gasteiger partial charge in [0.15, 0.2) is 0 Å². The number of nitrogen functional groups attached to an aromatic ring is 1. The molecule has 1 aliphatic heterocycles. The van der Waals surface area contributed by atoms with Crippen molar-refractivity contribution in [2.75, 3.05) is 5.73 Å². The van der Waals surface area contributed by atoms with E-state index in [0.717, 1.165) is 23.8 Å². The van der Waals surface area contributed by atoms with Crippen LogP contribution in [0.5, 0.6) is 0 Å². The topological polar surface area (TPSA) is 150 Å². The predicted molar refractivity (Wildman–Crippen MR) is 159 cm³/mol. The second-order valence-electron chi connectivity index (χ2n) is 10.5. The molecule has 1 aromatic heterocycles. The molecule has 1 aromatic carbocycles. The highest BCUT2D eigenvalue weighted by Gasteiger charge is 2.30. The second kappa shape index (κ2) is 13.4. The van der Waals surface area contributed by atoms with E-state index in [4.69, 9.17) is 10.5 Å². The van der Waals surface area contributed by atoms with Gasteiger partial charge in [-0.2, -0.15) is 0 Å². The third-order valence-corrected chi connectivity index (χ3v) is 7.60. The Labute approximate surface area is 246 Å². The van der Waals surface area contributed by atoms with Crippen LogP contribution in [0.2, 0.25) is 0 Å². The molecular formula is C30H34F2N6O5. The number of amides is 1. The summed E-state index contributed by atoms with van der Waals surface area (Å²) in [6.45, 7) is 5.00. The first-order valence-corrected chi connectivity index (χ1v) is 13.9. The van der Waals surface area contributed by atoms with E-state index in [1.165, 1.54) is 30.1 Å². The molecule has 11 nitrogen and oxygen atoms in total. The third-order valence-electron chi connectivity index (χ3n) is 7.60. The molecular weight excluding hydrogens is 562 g/mol. The number of esters is 1. The highest BCUT2D eigenvalue weighted by molar-refractivity contribution is 5.97. The number of aliphatic imine (C=N–C) groups is 1. The SMILES string of the molecule is C=N/C=C\c1c(C)n(C)c(=O)n(C2=CNC(C[C@H](NC(=O)c3cc(F)c(N)cc3F)C(=O)OC3CCCCC3)C=C2)c1=O. The molecule has 0 spiro atoms. The Morgan fingerprint density at radius 1 is 1.23 bits per heavy atom. The summed E-state index contributed by atoms with van der Waals surface area (Å²) in [5, 5.41) is 5.51. The van der Waals surface area contributed by atoms with Crippen molar-refractivity contribution < 1.29 is 23.1 Å². The van der Waals surface area contributed by atoms with Crippen molar-refractivity contribution >= 4 is 36.1 Å². The fourth-order valence-corrected chi connectivity index (χ4v) is 5.05. The molecule has 2 aliphatic rings. The summed E-state index contributed by atoms with van der Waals surface area (Å²) in [5.41, 5.74) is 4.15. The highest BCUT2D eigenvalue weighted by Crippen LogP contribution is 2.22. The quantitative estimate of drug-likeness (QED) is 0.229. The standard InChI is InChI=1S/C30H34F2N6O5/c1-17-21(11-12-34-2)28(40)38(30(42)37(17)3)19-10-9-18(35-16-19)13-26(29(41)43-20-7-5-4-6-8-20)36-27(39)22-14-24(32)25(33)15-23(22)31/h9-12,14-16,18,20,26,35H,2,4-8,13,33H2,1,3H3,(H,36,39)/b12-11-/t18?,26-/m0/s1. The van der Waals surface area contributed by atoms with E-state index >= 15 is 0 Å². The number of nitrogens with one attached hydrogen (secondary N) is 2. The molecule has 13 heteroatoms. The summed E-state index contributed by atoms with van der Waals surface area (Å²) < 4.78 is 36.5. The van der Waals surface area contributed by atoms with Gasteiger partial charge >= 0.3 is 11.7 Å². The van der Waals surface area contributed by atoms with Gasteiger partial charge in [-0.3, -0.25) is 19.1 Å². The largest absolute Gasteiger partial charge is 0.461 e. The maximum Gasteiger partial charge on any atom is 0.335 e. The number of carbonyl (C=O) groups is 2. The lowest BCUT2D eigenvalue weighted by Crippen LogP contribution is -2.47. The summed E-state index contributed by atoms with van der Waals surface area (Å²) in [5.74, 6) is -3.73. The van der Waals surface area contributed by atoms with Crippen molar-refractivity contribution in [2.24, 2.45) is 12.0 Å². The Morgan fingerprint density at radius 2 is 1.95 bits per heavy atom. The monoisotopic (exact) mass is 596 g/mol. The number of allylic oxidation sites excluding steroid dienone is 2. The van der Waals surface area contributed by atoms with Crippen LogP contribution in [0.3, 0.4) is 0 Å². The summed E-state index contributed by atoms with van der Waals surface area (Å²) in [6, 6.07) is -0.421. The average Bonchev–Trinajstić information content (AvgIpc) is 2.99. The van der Waals surface area contributed by atoms with Crippen LogP contribution in [0.25, 0.3) is 11.8 Å². The number of nitrogens with zero attached hydrogens (tertiary/aromatic N) is 3. The number of benzene rings is 1. The zero-order chi connectivity index (χ0) is 31.3. The first-order chi connectivity index (χ1) is 20.5. The van der Waals surface area contributed by atoms with Gasteiger partial charge in [0, 0.05) is 43.7 Å². The van der Waals surface area contributed by atoms with Gasteiger partial charge in [-0.05, 0) is 57.5 Å². The summed E-state index contributed by atoms with van der Waals surface area (Å²) >= 11 is 0. The molecule has 2 heterocycles. The van der Waals surface area contributed by atoms with Crippen molar-refractivity contribution in [2.45, 2.75) is 63.6 Å². The van der Waals surface area contributed by atoms with Crippen LogP contribution in [-0.4, -0.2) is 45.9 Å². The van der Waals surface area contributed by atoms with Crippen molar-refractivity contribution in [3.63, 3.8) is 0 Å². The average molecular weight is 597 g/mol. The number of rotatable bonds is 9. The number of dihydropyridines is 1. The van der Waals surface area contributed by atoms with E-state index in [2.05, 4.69) is 22.3 Å². The van der Waals surface area contributed by atoms with Crippen LogP contribution in [0, 0.1) is 18.6 Å². The molecule has 2 aromatic rings. The highest BCUT2D eigenvalue weighted by atomic mass is 19.1. The number of halogens is 2. The van der Waals surface area contributed by atoms with Gasteiger partial charge in [-0.1, -0.05) is 12.5 Å². The lowest BCUT2D eigenvalue weighted by molar-refractivity contribution is -0.153. The van der Waals surface area contributed by atoms with Crippen molar-refractivity contribution in [3.8, 4) is 0 Å². The maximum atomic E-state index is 14.5. The first-order valence-electron chi connectivity index (χ1n) is 13.9. The molecule has 228 valence electrons. The van der Waals surface area contributed by atoms with Crippen LogP contribution in [0.1, 0.15) is 60.1 Å². The first kappa shape index (κ1) is 31.1. The van der Waals surface area contributed by atoms with Gasteiger partial charge < -0.3 is 21.1 Å². The Morgan fingerprint density at radius 3 is 2.60 bits per heavy atom. The molecule has 1 unspecified atom stereocenters. The van der Waals surface area contributed by atoms with Crippen molar-refractivity contribution in [3.05, 3.63) is 86.0 Å². The fraction of sp³-hybridized carbons (Fsp3) is 0.367. The molecule has 1 fully saturated rings. The molecule has 43 heavy (non-hydrogen) atoms. The minimum atomic E-state index is -1.23. The Kier molecular flexibility index (Phi) is 9.73. The molecule has 2 atom stereocenters. The Bertz CT molecular complexity index is 1630. The zero-order valence-electron chi connectivity index (χ0n) is 23.9. The summed E-state index contributed by atoms with van der Waals surface area (Å²) in [6.07, 6.45) is 11.3. The number of anilines is 1. The molecule has 0 saturated heterocycles. The smallest absolute Gasteiger partial charge is 0.335 e. The van der Waals surface area contributed by atoms with Crippen molar-refractivity contribution in [1.29, 1.82) is 0 Å². The lowest BCUT2D eigenvalue weighted by Gasteiger charge is -2.27. The van der Waals surface area contributed by atoms with Crippen molar-refractivity contribution in [1.82, 2.24) is 19.8 Å². The molecule has 0 radical (unpaired) electrons. The number of hydrogen-bond donors (Lipinski definition) is 3. The molecule has 0 bridgehead atoms. The fourth-order valence-electron chi connectivity index (χ4n) is 5.05. The number of ether oxygens (including phenoxy) is 1. The minimum Gasteiger partial charge on any atom is -0.461 e.